The van der Waals surface area contributed by atoms with Crippen molar-refractivity contribution >= 4 is 0 Å². The number of ether oxygens (including phenoxy) is 2. The van der Waals surface area contributed by atoms with Crippen molar-refractivity contribution in [1.29, 1.82) is 0 Å². The molecular weight excluding hydrogens is 309 g/mol. The van der Waals surface area contributed by atoms with Gasteiger partial charge in [-0.2, -0.15) is 0 Å². The summed E-state index contributed by atoms with van der Waals surface area (Å²) in [5.41, 5.74) is 2.00. The first-order valence-corrected chi connectivity index (χ1v) is 7.66. The summed E-state index contributed by atoms with van der Waals surface area (Å²) < 4.78 is 23.9. The van der Waals surface area contributed by atoms with E-state index in [4.69, 9.17) is 9.47 Å². The maximum Gasteiger partial charge on any atom is 0.231 e. The van der Waals surface area contributed by atoms with Gasteiger partial charge in [0.05, 0.1) is 6.04 Å². The lowest BCUT2D eigenvalue weighted by Crippen LogP contribution is -2.23. The van der Waals surface area contributed by atoms with Crippen molar-refractivity contribution in [3.8, 4) is 11.5 Å². The molecule has 0 radical (unpaired) electrons. The third-order valence-corrected chi connectivity index (χ3v) is 3.94. The smallest absolute Gasteiger partial charge is 0.231 e. The molecule has 3 aromatic rings. The van der Waals surface area contributed by atoms with E-state index in [2.05, 4.69) is 15.3 Å². The minimum atomic E-state index is -0.257. The number of H-pyrrole nitrogens is 1. The van der Waals surface area contributed by atoms with Gasteiger partial charge >= 0.3 is 0 Å². The first-order chi connectivity index (χ1) is 11.8. The van der Waals surface area contributed by atoms with Gasteiger partial charge < -0.3 is 14.5 Å². The van der Waals surface area contributed by atoms with Crippen LogP contribution in [0.15, 0.2) is 54.9 Å². The number of fused-ring (bicyclic) bond motifs is 1. The van der Waals surface area contributed by atoms with Crippen LogP contribution in [0.4, 0.5) is 4.39 Å². The Morgan fingerprint density at radius 1 is 1.12 bits per heavy atom. The number of rotatable bonds is 5. The van der Waals surface area contributed by atoms with Gasteiger partial charge in [0, 0.05) is 18.9 Å². The molecule has 1 aromatic heterocycles. The number of aromatic amines is 1. The van der Waals surface area contributed by atoms with Crippen molar-refractivity contribution in [2.24, 2.45) is 0 Å². The van der Waals surface area contributed by atoms with Crippen LogP contribution < -0.4 is 14.8 Å². The summed E-state index contributed by atoms with van der Waals surface area (Å²) in [4.78, 5) is 7.45. The van der Waals surface area contributed by atoms with Gasteiger partial charge in [0.1, 0.15) is 11.6 Å². The van der Waals surface area contributed by atoms with Crippen LogP contribution in [0.2, 0.25) is 0 Å². The molecule has 0 saturated carbocycles. The molecule has 0 fully saturated rings. The van der Waals surface area contributed by atoms with Crippen molar-refractivity contribution in [3.63, 3.8) is 0 Å². The second-order valence-corrected chi connectivity index (χ2v) is 5.53. The summed E-state index contributed by atoms with van der Waals surface area (Å²) in [5, 5.41) is 3.45. The Morgan fingerprint density at radius 2 is 1.96 bits per heavy atom. The van der Waals surface area contributed by atoms with Crippen LogP contribution in [-0.4, -0.2) is 16.8 Å². The van der Waals surface area contributed by atoms with Gasteiger partial charge in [-0.1, -0.05) is 18.2 Å². The van der Waals surface area contributed by atoms with E-state index in [0.717, 1.165) is 28.5 Å². The minimum Gasteiger partial charge on any atom is -0.454 e. The predicted molar refractivity (Wildman–Crippen MR) is 86.2 cm³/mol. The fourth-order valence-electron chi connectivity index (χ4n) is 2.73. The van der Waals surface area contributed by atoms with E-state index in [1.807, 2.05) is 18.2 Å². The number of nitrogens with zero attached hydrogens (tertiary/aromatic N) is 1. The monoisotopic (exact) mass is 325 g/mol. The molecule has 0 spiro atoms. The van der Waals surface area contributed by atoms with Crippen molar-refractivity contribution in [3.05, 3.63) is 77.6 Å². The van der Waals surface area contributed by atoms with E-state index in [0.29, 0.717) is 6.54 Å². The van der Waals surface area contributed by atoms with E-state index < -0.39 is 0 Å². The summed E-state index contributed by atoms with van der Waals surface area (Å²) >= 11 is 0. The number of halogens is 1. The molecule has 1 aliphatic heterocycles. The van der Waals surface area contributed by atoms with Crippen LogP contribution >= 0.6 is 0 Å². The molecule has 0 bridgehead atoms. The fourth-order valence-corrected chi connectivity index (χ4v) is 2.73. The van der Waals surface area contributed by atoms with E-state index in [9.17, 15) is 4.39 Å². The molecule has 5 nitrogen and oxygen atoms in total. The quantitative estimate of drug-likeness (QED) is 0.756. The fraction of sp³-hybridized carbons (Fsp3) is 0.167. The standard InChI is InChI=1S/C18H16FN3O2/c19-14-4-2-13(3-5-14)17(18-20-7-8-21-18)22-10-12-1-6-15-16(9-12)24-11-23-15/h1-9,17,22H,10-11H2,(H,20,21)/t17-/m0/s1. The number of benzene rings is 2. The van der Waals surface area contributed by atoms with Gasteiger partial charge in [-0.05, 0) is 35.4 Å². The maximum absolute atomic E-state index is 13.2. The zero-order chi connectivity index (χ0) is 16.4. The van der Waals surface area contributed by atoms with Crippen LogP contribution in [0.3, 0.4) is 0 Å². The van der Waals surface area contributed by atoms with E-state index in [1.165, 1.54) is 12.1 Å². The molecule has 4 rings (SSSR count). The Balaban J connectivity index is 1.55. The van der Waals surface area contributed by atoms with Gasteiger partial charge in [-0.15, -0.1) is 0 Å². The van der Waals surface area contributed by atoms with Crippen molar-refractivity contribution in [2.45, 2.75) is 12.6 Å². The number of imidazole rings is 1. The summed E-state index contributed by atoms with van der Waals surface area (Å²) in [7, 11) is 0. The number of nitrogens with one attached hydrogen (secondary N) is 2. The molecule has 24 heavy (non-hydrogen) atoms. The van der Waals surface area contributed by atoms with Crippen molar-refractivity contribution in [1.82, 2.24) is 15.3 Å². The van der Waals surface area contributed by atoms with Crippen molar-refractivity contribution < 1.29 is 13.9 Å². The Kier molecular flexibility index (Phi) is 3.88. The molecule has 0 amide bonds. The zero-order valence-corrected chi connectivity index (χ0v) is 12.8. The average Bonchev–Trinajstić information content (AvgIpc) is 3.27. The first kappa shape index (κ1) is 14.7. The van der Waals surface area contributed by atoms with Gasteiger partial charge in [0.2, 0.25) is 6.79 Å². The zero-order valence-electron chi connectivity index (χ0n) is 12.8. The Hall–Kier alpha value is -2.86. The highest BCUT2D eigenvalue weighted by Gasteiger charge is 2.17. The SMILES string of the molecule is Fc1ccc([C@H](NCc2ccc3c(c2)OCO3)c2ncc[nH]2)cc1. The van der Waals surface area contributed by atoms with E-state index in [-0.39, 0.29) is 18.7 Å². The normalized spacial score (nSPS) is 13.9. The Morgan fingerprint density at radius 3 is 2.75 bits per heavy atom. The predicted octanol–water partition coefficient (Wildman–Crippen LogP) is 3.16. The molecule has 2 N–H and O–H groups in total. The van der Waals surface area contributed by atoms with Crippen molar-refractivity contribution in [2.75, 3.05) is 6.79 Å². The maximum atomic E-state index is 13.2. The van der Waals surface area contributed by atoms with Gasteiger partial charge in [0.15, 0.2) is 11.5 Å². The molecule has 0 unspecified atom stereocenters. The van der Waals surface area contributed by atoms with Gasteiger partial charge in [0.25, 0.3) is 0 Å². The second-order valence-electron chi connectivity index (χ2n) is 5.53. The number of hydrogen-bond donors (Lipinski definition) is 2. The summed E-state index contributed by atoms with van der Waals surface area (Å²) in [5.74, 6) is 2.04. The van der Waals surface area contributed by atoms with Crippen LogP contribution in [-0.2, 0) is 6.54 Å². The van der Waals surface area contributed by atoms with Crippen LogP contribution in [0, 0.1) is 5.82 Å². The van der Waals surface area contributed by atoms with Gasteiger partial charge in [-0.3, -0.25) is 5.32 Å². The van der Waals surface area contributed by atoms with Crippen LogP contribution in [0.25, 0.3) is 0 Å². The third kappa shape index (κ3) is 2.96. The lowest BCUT2D eigenvalue weighted by atomic mass is 10.1. The molecule has 6 heteroatoms. The number of aromatic nitrogens is 2. The lowest BCUT2D eigenvalue weighted by molar-refractivity contribution is 0.174. The molecule has 0 aliphatic carbocycles. The highest BCUT2D eigenvalue weighted by Crippen LogP contribution is 2.32. The van der Waals surface area contributed by atoms with E-state index >= 15 is 0 Å². The Bertz CT molecular complexity index is 819. The molecule has 0 saturated heterocycles. The number of hydrogen-bond acceptors (Lipinski definition) is 4. The molecule has 1 atom stereocenters. The Labute approximate surface area is 138 Å². The largest absolute Gasteiger partial charge is 0.454 e. The van der Waals surface area contributed by atoms with E-state index in [1.54, 1.807) is 24.5 Å². The molecule has 2 heterocycles. The summed E-state index contributed by atoms with van der Waals surface area (Å²) in [6.07, 6.45) is 3.47. The third-order valence-electron chi connectivity index (χ3n) is 3.94. The molecular formula is C18H16FN3O2. The topological polar surface area (TPSA) is 59.2 Å². The van der Waals surface area contributed by atoms with Gasteiger partial charge in [-0.25, -0.2) is 9.37 Å². The summed E-state index contributed by atoms with van der Waals surface area (Å²) in [6, 6.07) is 12.1. The molecule has 2 aromatic carbocycles. The first-order valence-electron chi connectivity index (χ1n) is 7.66. The summed E-state index contributed by atoms with van der Waals surface area (Å²) in [6.45, 7) is 0.871. The molecule has 1 aliphatic rings. The van der Waals surface area contributed by atoms with Crippen LogP contribution in [0.5, 0.6) is 11.5 Å². The second kappa shape index (κ2) is 6.33. The molecule has 122 valence electrons. The van der Waals surface area contributed by atoms with Crippen LogP contribution in [0.1, 0.15) is 23.0 Å². The minimum absolute atomic E-state index is 0.161. The highest BCUT2D eigenvalue weighted by molar-refractivity contribution is 5.44. The average molecular weight is 325 g/mol. The highest BCUT2D eigenvalue weighted by atomic mass is 19.1. The lowest BCUT2D eigenvalue weighted by Gasteiger charge is -2.17.